The number of tetrazole rings is 1. The van der Waals surface area contributed by atoms with Crippen molar-refractivity contribution in [3.63, 3.8) is 0 Å². The summed E-state index contributed by atoms with van der Waals surface area (Å²) in [6.45, 7) is 0.322. The molecule has 0 radical (unpaired) electrons. The highest BCUT2D eigenvalue weighted by Crippen LogP contribution is 2.31. The van der Waals surface area contributed by atoms with Gasteiger partial charge in [-0.05, 0) is 70.4 Å². The monoisotopic (exact) mass is 528 g/mol. The van der Waals surface area contributed by atoms with E-state index in [2.05, 4.69) is 20.8 Å². The lowest BCUT2D eigenvalue weighted by Crippen LogP contribution is -2.44. The van der Waals surface area contributed by atoms with Crippen molar-refractivity contribution < 1.29 is 19.5 Å². The van der Waals surface area contributed by atoms with Crippen LogP contribution in [0.3, 0.4) is 0 Å². The predicted octanol–water partition coefficient (Wildman–Crippen LogP) is 3.79. The molecule has 1 aliphatic heterocycles. The van der Waals surface area contributed by atoms with Crippen LogP contribution in [0.5, 0.6) is 0 Å². The number of hydrogen-bond acceptors (Lipinski definition) is 6. The molecule has 4 aromatic rings. The lowest BCUT2D eigenvalue weighted by molar-refractivity contribution is -0.135. The van der Waals surface area contributed by atoms with Crippen LogP contribution in [0.4, 0.5) is 5.69 Å². The number of amides is 2. The fourth-order valence-electron chi connectivity index (χ4n) is 4.42. The number of hydrogen-bond donors (Lipinski definition) is 2. The van der Waals surface area contributed by atoms with Crippen LogP contribution in [0.1, 0.15) is 33.1 Å². The molecule has 1 aliphatic rings. The first kappa shape index (κ1) is 24.8. The third kappa shape index (κ3) is 5.16. The van der Waals surface area contributed by atoms with Crippen molar-refractivity contribution in [2.75, 3.05) is 11.9 Å². The van der Waals surface area contributed by atoms with E-state index in [0.29, 0.717) is 40.5 Å². The molecule has 0 unspecified atom stereocenters. The second-order valence-electron chi connectivity index (χ2n) is 8.55. The number of carboxylic acid groups (broad SMARTS) is 1. The van der Waals surface area contributed by atoms with E-state index < -0.39 is 17.9 Å². The fourth-order valence-corrected chi connectivity index (χ4v) is 4.60. The Balaban J connectivity index is 1.45. The molecular weight excluding hydrogens is 508 g/mol. The van der Waals surface area contributed by atoms with Crippen LogP contribution >= 0.6 is 11.6 Å². The molecule has 0 saturated carbocycles. The van der Waals surface area contributed by atoms with Gasteiger partial charge in [0.05, 0.1) is 11.3 Å². The highest BCUT2D eigenvalue weighted by atomic mass is 35.5. The normalized spacial score (nSPS) is 14.8. The van der Waals surface area contributed by atoms with Crippen molar-refractivity contribution in [1.29, 1.82) is 0 Å². The van der Waals surface area contributed by atoms with Crippen molar-refractivity contribution >= 4 is 41.1 Å². The van der Waals surface area contributed by atoms with Crippen molar-refractivity contribution in [2.45, 2.75) is 12.5 Å². The molecule has 0 saturated heterocycles. The number of carbonyl (C=O) groups is 3. The average Bonchev–Trinajstić information content (AvgIpc) is 3.46. The van der Waals surface area contributed by atoms with Gasteiger partial charge in [-0.3, -0.25) is 9.59 Å². The minimum Gasteiger partial charge on any atom is -0.478 e. The minimum atomic E-state index is -1.10. The maximum atomic E-state index is 13.5. The lowest BCUT2D eigenvalue weighted by Gasteiger charge is -2.35. The number of carbonyl (C=O) groups excluding carboxylic acids is 2. The van der Waals surface area contributed by atoms with Crippen LogP contribution in [0.15, 0.2) is 79.1 Å². The zero-order valence-electron chi connectivity index (χ0n) is 19.9. The van der Waals surface area contributed by atoms with Crippen LogP contribution in [0, 0.1) is 0 Å². The molecule has 10 nitrogen and oxygen atoms in total. The van der Waals surface area contributed by atoms with E-state index in [0.717, 1.165) is 5.56 Å². The molecule has 2 N–H and O–H groups in total. The standard InChI is InChI=1S/C27H21ClN6O4/c28-20-9-10-23(34-16-29-31-32-34)18(14-20)8-11-24(35)33-13-12-17-4-1-2-7-22(17)25(33)26(36)30-21-6-3-5-19(15-21)27(37)38/h1-11,14-16,25H,12-13H2,(H,30,36)(H,37,38)/t25-/m0/s1. The quantitative estimate of drug-likeness (QED) is 0.364. The van der Waals surface area contributed by atoms with Gasteiger partial charge in [-0.2, -0.15) is 4.68 Å². The highest BCUT2D eigenvalue weighted by Gasteiger charge is 2.35. The Hall–Kier alpha value is -4.83. The number of anilines is 1. The van der Waals surface area contributed by atoms with E-state index in [1.807, 2.05) is 24.3 Å². The summed E-state index contributed by atoms with van der Waals surface area (Å²) in [6, 6.07) is 17.6. The highest BCUT2D eigenvalue weighted by molar-refractivity contribution is 6.30. The van der Waals surface area contributed by atoms with E-state index in [-0.39, 0.29) is 11.5 Å². The number of aromatic carboxylic acids is 1. The second-order valence-corrected chi connectivity index (χ2v) is 8.99. The molecule has 0 spiro atoms. The molecular formula is C27H21ClN6O4. The summed E-state index contributed by atoms with van der Waals surface area (Å²) in [6.07, 6.45) is 5.01. The van der Waals surface area contributed by atoms with E-state index in [1.54, 1.807) is 36.4 Å². The Morgan fingerprint density at radius 3 is 2.68 bits per heavy atom. The van der Waals surface area contributed by atoms with E-state index >= 15 is 0 Å². The van der Waals surface area contributed by atoms with E-state index in [9.17, 15) is 19.5 Å². The van der Waals surface area contributed by atoms with Gasteiger partial charge in [0, 0.05) is 28.9 Å². The van der Waals surface area contributed by atoms with Crippen LogP contribution in [0.2, 0.25) is 5.02 Å². The van der Waals surface area contributed by atoms with Crippen LogP contribution in [0.25, 0.3) is 11.8 Å². The Labute approximate surface area is 222 Å². The summed E-state index contributed by atoms with van der Waals surface area (Å²) >= 11 is 6.19. The number of fused-ring (bicyclic) bond motifs is 1. The fraction of sp³-hybridized carbons (Fsp3) is 0.111. The molecule has 0 bridgehead atoms. The Bertz CT molecular complexity index is 1550. The van der Waals surface area contributed by atoms with Crippen molar-refractivity contribution in [2.24, 2.45) is 0 Å². The lowest BCUT2D eigenvalue weighted by atomic mass is 9.91. The predicted molar refractivity (Wildman–Crippen MR) is 140 cm³/mol. The van der Waals surface area contributed by atoms with Gasteiger partial charge < -0.3 is 15.3 Å². The number of carboxylic acids is 1. The number of benzene rings is 3. The average molecular weight is 529 g/mol. The first-order chi connectivity index (χ1) is 18.4. The number of nitrogens with one attached hydrogen (secondary N) is 1. The van der Waals surface area contributed by atoms with Crippen molar-refractivity contribution in [3.8, 4) is 5.69 Å². The smallest absolute Gasteiger partial charge is 0.335 e. The third-order valence-electron chi connectivity index (χ3n) is 6.18. The van der Waals surface area contributed by atoms with Crippen molar-refractivity contribution in [1.82, 2.24) is 25.1 Å². The minimum absolute atomic E-state index is 0.0441. The summed E-state index contributed by atoms with van der Waals surface area (Å²) in [5, 5.41) is 23.8. The van der Waals surface area contributed by atoms with Gasteiger partial charge in [0.1, 0.15) is 12.4 Å². The maximum Gasteiger partial charge on any atom is 0.335 e. The number of aromatic nitrogens is 4. The Morgan fingerprint density at radius 2 is 1.89 bits per heavy atom. The molecule has 11 heteroatoms. The first-order valence-corrected chi connectivity index (χ1v) is 12.0. The number of nitrogens with zero attached hydrogens (tertiary/aromatic N) is 5. The maximum absolute atomic E-state index is 13.5. The summed E-state index contributed by atoms with van der Waals surface area (Å²) < 4.78 is 1.46. The molecule has 1 aromatic heterocycles. The summed E-state index contributed by atoms with van der Waals surface area (Å²) in [5.74, 6) is -1.92. The van der Waals surface area contributed by atoms with Crippen molar-refractivity contribution in [3.05, 3.63) is 106 Å². The molecule has 2 amide bonds. The zero-order valence-corrected chi connectivity index (χ0v) is 20.6. The van der Waals surface area contributed by atoms with Gasteiger partial charge in [-0.15, -0.1) is 5.10 Å². The Kier molecular flexibility index (Phi) is 6.96. The largest absolute Gasteiger partial charge is 0.478 e. The van der Waals surface area contributed by atoms with Gasteiger partial charge in [-0.1, -0.05) is 41.9 Å². The molecule has 0 aliphatic carbocycles. The SMILES string of the molecule is O=C(O)c1cccc(NC(=O)[C@@H]2c3ccccc3CCN2C(=O)C=Cc2cc(Cl)ccc2-n2cnnn2)c1. The molecule has 2 heterocycles. The zero-order chi connectivity index (χ0) is 26.6. The third-order valence-corrected chi connectivity index (χ3v) is 6.42. The van der Waals surface area contributed by atoms with Gasteiger partial charge in [0.25, 0.3) is 5.91 Å². The summed E-state index contributed by atoms with van der Waals surface area (Å²) in [5.41, 5.74) is 3.29. The number of rotatable bonds is 6. The van der Waals surface area contributed by atoms with Gasteiger partial charge >= 0.3 is 5.97 Å². The molecule has 38 heavy (non-hydrogen) atoms. The first-order valence-electron chi connectivity index (χ1n) is 11.6. The second kappa shape index (κ2) is 10.7. The molecule has 5 rings (SSSR count). The van der Waals surface area contributed by atoms with E-state index in [1.165, 1.54) is 34.1 Å². The Morgan fingerprint density at radius 1 is 1.05 bits per heavy atom. The van der Waals surface area contributed by atoms with Gasteiger partial charge in [0.15, 0.2) is 0 Å². The summed E-state index contributed by atoms with van der Waals surface area (Å²) in [7, 11) is 0. The van der Waals surface area contributed by atoms with Crippen LogP contribution in [-0.2, 0) is 16.0 Å². The topological polar surface area (TPSA) is 130 Å². The number of halogens is 1. The molecule has 3 aromatic carbocycles. The summed E-state index contributed by atoms with van der Waals surface area (Å²) in [4.78, 5) is 39.9. The molecule has 1 atom stereocenters. The van der Waals surface area contributed by atoms with Gasteiger partial charge in [-0.25, -0.2) is 4.79 Å². The van der Waals surface area contributed by atoms with Crippen LogP contribution in [-0.4, -0.2) is 54.5 Å². The molecule has 0 fully saturated rings. The van der Waals surface area contributed by atoms with Crippen LogP contribution < -0.4 is 5.32 Å². The molecule has 190 valence electrons. The van der Waals surface area contributed by atoms with E-state index in [4.69, 9.17) is 11.6 Å². The van der Waals surface area contributed by atoms with Gasteiger partial charge in [0.2, 0.25) is 5.91 Å².